The summed E-state index contributed by atoms with van der Waals surface area (Å²) in [5.41, 5.74) is 9.72. The lowest BCUT2D eigenvalue weighted by Gasteiger charge is -2.28. The van der Waals surface area contributed by atoms with Crippen LogP contribution in [0, 0.1) is 0 Å². The molecule has 2 nitrogen and oxygen atoms in total. The van der Waals surface area contributed by atoms with Crippen molar-refractivity contribution < 1.29 is 4.42 Å². The van der Waals surface area contributed by atoms with E-state index in [9.17, 15) is 0 Å². The van der Waals surface area contributed by atoms with Crippen molar-refractivity contribution in [3.05, 3.63) is 152 Å². The van der Waals surface area contributed by atoms with E-state index in [2.05, 4.69) is 144 Å². The van der Waals surface area contributed by atoms with Crippen LogP contribution in [-0.2, 0) is 0 Å². The van der Waals surface area contributed by atoms with Gasteiger partial charge in [-0.1, -0.05) is 115 Å². The van der Waals surface area contributed by atoms with Crippen molar-refractivity contribution in [1.29, 1.82) is 0 Å². The highest BCUT2D eigenvalue weighted by Gasteiger charge is 2.20. The molecule has 1 aromatic heterocycles. The van der Waals surface area contributed by atoms with Crippen molar-refractivity contribution in [3.63, 3.8) is 0 Å². The Kier molecular flexibility index (Phi) is 5.49. The van der Waals surface area contributed by atoms with Crippen LogP contribution in [0.5, 0.6) is 0 Å². The van der Waals surface area contributed by atoms with Crippen molar-refractivity contribution in [2.45, 2.75) is 0 Å². The van der Waals surface area contributed by atoms with E-state index in [0.29, 0.717) is 0 Å². The van der Waals surface area contributed by atoms with Gasteiger partial charge in [-0.3, -0.25) is 0 Å². The fraction of sp³-hybridized carbons (Fsp3) is 0. The zero-order valence-electron chi connectivity index (χ0n) is 20.8. The zero-order valence-corrected chi connectivity index (χ0v) is 20.8. The van der Waals surface area contributed by atoms with Crippen molar-refractivity contribution in [2.75, 3.05) is 4.90 Å². The molecule has 0 spiro atoms. The molecule has 2 heteroatoms. The first-order valence-corrected chi connectivity index (χ1v) is 12.9. The molecule has 0 aliphatic rings. The Morgan fingerprint density at radius 2 is 0.974 bits per heavy atom. The number of benzene rings is 6. The highest BCUT2D eigenvalue weighted by molar-refractivity contribution is 6.10. The molecule has 180 valence electrons. The van der Waals surface area contributed by atoms with Crippen LogP contribution in [0.1, 0.15) is 0 Å². The molecule has 0 fully saturated rings. The molecule has 38 heavy (non-hydrogen) atoms. The van der Waals surface area contributed by atoms with Gasteiger partial charge in [0.1, 0.15) is 11.2 Å². The predicted octanol–water partition coefficient (Wildman–Crippen LogP) is 10.4. The first kappa shape index (κ1) is 22.1. The molecule has 0 aliphatic heterocycles. The summed E-state index contributed by atoms with van der Waals surface area (Å²) in [5, 5.41) is 2.27. The number of nitrogens with zero attached hydrogens (tertiary/aromatic N) is 1. The minimum Gasteiger partial charge on any atom is -0.455 e. The van der Waals surface area contributed by atoms with Crippen molar-refractivity contribution in [2.24, 2.45) is 0 Å². The van der Waals surface area contributed by atoms with E-state index in [1.807, 2.05) is 12.1 Å². The molecule has 6 aromatic carbocycles. The molecule has 7 rings (SSSR count). The highest BCUT2D eigenvalue weighted by atomic mass is 16.3. The van der Waals surface area contributed by atoms with E-state index in [-0.39, 0.29) is 0 Å². The number of rotatable bonds is 5. The lowest BCUT2D eigenvalue weighted by Crippen LogP contribution is -2.11. The smallest absolute Gasteiger partial charge is 0.143 e. The number of para-hydroxylation sites is 4. The van der Waals surface area contributed by atoms with Gasteiger partial charge in [-0.25, -0.2) is 0 Å². The van der Waals surface area contributed by atoms with Crippen LogP contribution >= 0.6 is 0 Å². The SMILES string of the molecule is c1ccc(-c2ccc(N(c3ccccc3)c3ccccc3-c3cccc4c3oc3ccccc34)cc2)cc1. The quantitative estimate of drug-likeness (QED) is 0.240. The van der Waals surface area contributed by atoms with E-state index in [1.54, 1.807) is 0 Å². The highest BCUT2D eigenvalue weighted by Crippen LogP contribution is 2.44. The summed E-state index contributed by atoms with van der Waals surface area (Å²) in [6.07, 6.45) is 0. The lowest BCUT2D eigenvalue weighted by atomic mass is 9.99. The van der Waals surface area contributed by atoms with Crippen LogP contribution < -0.4 is 4.90 Å². The number of furan rings is 1. The molecule has 0 saturated carbocycles. The first-order chi connectivity index (χ1) is 18.9. The third kappa shape index (κ3) is 3.84. The van der Waals surface area contributed by atoms with Gasteiger partial charge < -0.3 is 9.32 Å². The third-order valence-electron chi connectivity index (χ3n) is 7.09. The molecule has 0 N–H and O–H groups in total. The molecule has 0 bridgehead atoms. The maximum atomic E-state index is 6.43. The minimum absolute atomic E-state index is 0.906. The average Bonchev–Trinajstić information content (AvgIpc) is 3.38. The Balaban J connectivity index is 1.42. The van der Waals surface area contributed by atoms with E-state index >= 15 is 0 Å². The van der Waals surface area contributed by atoms with Crippen LogP contribution in [0.4, 0.5) is 17.1 Å². The van der Waals surface area contributed by atoms with Gasteiger partial charge in [0.15, 0.2) is 0 Å². The van der Waals surface area contributed by atoms with Crippen LogP contribution in [0.3, 0.4) is 0 Å². The second-order valence-corrected chi connectivity index (χ2v) is 9.38. The maximum absolute atomic E-state index is 6.43. The second-order valence-electron chi connectivity index (χ2n) is 9.38. The van der Waals surface area contributed by atoms with Crippen molar-refractivity contribution in [3.8, 4) is 22.3 Å². The minimum atomic E-state index is 0.906. The summed E-state index contributed by atoms with van der Waals surface area (Å²) in [7, 11) is 0. The fourth-order valence-electron chi connectivity index (χ4n) is 5.29. The molecule has 0 unspecified atom stereocenters. The maximum Gasteiger partial charge on any atom is 0.143 e. The number of anilines is 3. The summed E-state index contributed by atoms with van der Waals surface area (Å²) in [4.78, 5) is 2.32. The van der Waals surface area contributed by atoms with Crippen LogP contribution in [-0.4, -0.2) is 0 Å². The second kappa shape index (κ2) is 9.42. The Morgan fingerprint density at radius 3 is 1.79 bits per heavy atom. The van der Waals surface area contributed by atoms with Crippen molar-refractivity contribution >= 4 is 39.0 Å². The van der Waals surface area contributed by atoms with Gasteiger partial charge in [0.2, 0.25) is 0 Å². The van der Waals surface area contributed by atoms with E-state index in [4.69, 9.17) is 4.42 Å². The van der Waals surface area contributed by atoms with E-state index < -0.39 is 0 Å². The average molecular weight is 488 g/mol. The Bertz CT molecular complexity index is 1850. The van der Waals surface area contributed by atoms with Crippen LogP contribution in [0.25, 0.3) is 44.2 Å². The monoisotopic (exact) mass is 487 g/mol. The lowest BCUT2D eigenvalue weighted by molar-refractivity contribution is 0.670. The van der Waals surface area contributed by atoms with Gasteiger partial charge in [0, 0.05) is 33.3 Å². The molecular formula is C36H25NO. The number of fused-ring (bicyclic) bond motifs is 3. The molecule has 0 aliphatic carbocycles. The summed E-state index contributed by atoms with van der Waals surface area (Å²) in [6.45, 7) is 0. The van der Waals surface area contributed by atoms with E-state index in [1.165, 1.54) is 11.1 Å². The van der Waals surface area contributed by atoms with Gasteiger partial charge in [0.25, 0.3) is 0 Å². The van der Waals surface area contributed by atoms with Gasteiger partial charge in [0.05, 0.1) is 5.69 Å². The van der Waals surface area contributed by atoms with Gasteiger partial charge in [-0.2, -0.15) is 0 Å². The van der Waals surface area contributed by atoms with Crippen LogP contribution in [0.15, 0.2) is 156 Å². The summed E-state index contributed by atoms with van der Waals surface area (Å²) in [5.74, 6) is 0. The first-order valence-electron chi connectivity index (χ1n) is 12.9. The number of hydrogen-bond donors (Lipinski definition) is 0. The molecule has 7 aromatic rings. The molecule has 0 saturated heterocycles. The topological polar surface area (TPSA) is 16.4 Å². The molecule has 0 radical (unpaired) electrons. The van der Waals surface area contributed by atoms with Gasteiger partial charge in [-0.15, -0.1) is 0 Å². The largest absolute Gasteiger partial charge is 0.455 e. The predicted molar refractivity (Wildman–Crippen MR) is 159 cm³/mol. The zero-order chi connectivity index (χ0) is 25.3. The standard InChI is InChI=1S/C36H25NO/c1-3-12-26(13-4-1)27-22-24-29(25-23-27)37(28-14-5-2-6-15-28)34-20-9-7-16-30(34)32-18-11-19-33-31-17-8-10-21-35(31)38-36(32)33/h1-25H. The molecular weight excluding hydrogens is 462 g/mol. The van der Waals surface area contributed by atoms with Crippen LogP contribution in [0.2, 0.25) is 0 Å². The van der Waals surface area contributed by atoms with Crippen molar-refractivity contribution in [1.82, 2.24) is 0 Å². The summed E-state index contributed by atoms with van der Waals surface area (Å²) < 4.78 is 6.43. The Hall–Kier alpha value is -5.08. The fourth-order valence-corrected chi connectivity index (χ4v) is 5.29. The molecule has 1 heterocycles. The Labute approximate surface area is 222 Å². The molecule has 0 amide bonds. The van der Waals surface area contributed by atoms with Gasteiger partial charge in [-0.05, 0) is 47.5 Å². The van der Waals surface area contributed by atoms with Gasteiger partial charge >= 0.3 is 0 Å². The Morgan fingerprint density at radius 1 is 0.395 bits per heavy atom. The summed E-state index contributed by atoms with van der Waals surface area (Å²) >= 11 is 0. The normalized spacial score (nSPS) is 11.2. The molecule has 0 atom stereocenters. The number of hydrogen-bond acceptors (Lipinski definition) is 2. The van der Waals surface area contributed by atoms with E-state index in [0.717, 1.165) is 50.1 Å². The summed E-state index contributed by atoms with van der Waals surface area (Å²) in [6, 6.07) is 53.1. The third-order valence-corrected chi connectivity index (χ3v) is 7.09.